The van der Waals surface area contributed by atoms with E-state index in [1.165, 1.54) is 0 Å². The highest BCUT2D eigenvalue weighted by Gasteiger charge is 2.41. The number of nitrogens with zero attached hydrogens (tertiary/aromatic N) is 4. The summed E-state index contributed by atoms with van der Waals surface area (Å²) in [5, 5.41) is 18.5. The molecule has 0 aliphatic carbocycles. The Kier molecular flexibility index (Phi) is 3.89. The lowest BCUT2D eigenvalue weighted by Gasteiger charge is -2.39. The molecular formula is C14H18N4O2. The number of aliphatic carboxylic acids is 1. The van der Waals surface area contributed by atoms with Crippen molar-refractivity contribution in [2.75, 3.05) is 18.0 Å². The molecule has 0 saturated carbocycles. The second-order valence-electron chi connectivity index (χ2n) is 5.27. The average molecular weight is 274 g/mol. The van der Waals surface area contributed by atoms with Crippen LogP contribution in [0.1, 0.15) is 37.6 Å². The molecule has 1 N–H and O–H groups in total. The van der Waals surface area contributed by atoms with Crippen LogP contribution in [0.3, 0.4) is 0 Å². The molecule has 2 heterocycles. The maximum Gasteiger partial charge on any atom is 0.311 e. The Balaban J connectivity index is 2.32. The van der Waals surface area contributed by atoms with Gasteiger partial charge in [-0.05, 0) is 32.3 Å². The molecule has 0 radical (unpaired) electrons. The zero-order valence-corrected chi connectivity index (χ0v) is 11.8. The predicted octanol–water partition coefficient (Wildman–Crippen LogP) is 1.74. The van der Waals surface area contributed by atoms with Crippen molar-refractivity contribution in [1.29, 1.82) is 5.26 Å². The van der Waals surface area contributed by atoms with E-state index >= 15 is 0 Å². The number of anilines is 1. The normalized spacial score (nSPS) is 22.4. The minimum absolute atomic E-state index is 0.315. The molecule has 0 amide bonds. The van der Waals surface area contributed by atoms with Crippen LogP contribution in [-0.4, -0.2) is 34.1 Å². The Morgan fingerprint density at radius 2 is 2.35 bits per heavy atom. The van der Waals surface area contributed by atoms with Gasteiger partial charge in [0.05, 0.1) is 5.41 Å². The van der Waals surface area contributed by atoms with E-state index in [0.717, 1.165) is 18.7 Å². The molecule has 6 heteroatoms. The molecule has 2 rings (SSSR count). The summed E-state index contributed by atoms with van der Waals surface area (Å²) < 4.78 is 0. The number of carbonyl (C=O) groups is 1. The molecule has 0 spiro atoms. The van der Waals surface area contributed by atoms with E-state index in [4.69, 9.17) is 5.26 Å². The van der Waals surface area contributed by atoms with Crippen LogP contribution in [-0.2, 0) is 4.79 Å². The largest absolute Gasteiger partial charge is 0.481 e. The van der Waals surface area contributed by atoms with Gasteiger partial charge in [-0.3, -0.25) is 4.79 Å². The van der Waals surface area contributed by atoms with Gasteiger partial charge in [0.25, 0.3) is 0 Å². The lowest BCUT2D eigenvalue weighted by Crippen LogP contribution is -2.48. The van der Waals surface area contributed by atoms with Crippen molar-refractivity contribution in [2.45, 2.75) is 33.1 Å². The number of hydrogen-bond donors (Lipinski definition) is 1. The Bertz CT molecular complexity index is 567. The summed E-state index contributed by atoms with van der Waals surface area (Å²) >= 11 is 0. The molecule has 1 aliphatic heterocycles. The van der Waals surface area contributed by atoms with Crippen LogP contribution in [0.2, 0.25) is 0 Å². The summed E-state index contributed by atoms with van der Waals surface area (Å²) in [6.45, 7) is 4.83. The van der Waals surface area contributed by atoms with Gasteiger partial charge in [0.1, 0.15) is 11.8 Å². The van der Waals surface area contributed by atoms with Crippen LogP contribution in [0, 0.1) is 23.7 Å². The smallest absolute Gasteiger partial charge is 0.311 e. The van der Waals surface area contributed by atoms with E-state index in [-0.39, 0.29) is 0 Å². The van der Waals surface area contributed by atoms with E-state index < -0.39 is 11.4 Å². The molecule has 1 unspecified atom stereocenters. The first kappa shape index (κ1) is 14.3. The van der Waals surface area contributed by atoms with Gasteiger partial charge in [-0.25, -0.2) is 9.97 Å². The minimum Gasteiger partial charge on any atom is -0.481 e. The van der Waals surface area contributed by atoms with Crippen LogP contribution in [0.25, 0.3) is 0 Å². The van der Waals surface area contributed by atoms with Gasteiger partial charge in [-0.1, -0.05) is 6.92 Å². The number of rotatable bonds is 3. The summed E-state index contributed by atoms with van der Waals surface area (Å²) in [5.74, 6) is -0.307. The molecule has 20 heavy (non-hydrogen) atoms. The second-order valence-corrected chi connectivity index (χ2v) is 5.27. The molecule has 106 valence electrons. The summed E-state index contributed by atoms with van der Waals surface area (Å²) in [4.78, 5) is 22.0. The molecule has 0 aromatic carbocycles. The van der Waals surface area contributed by atoms with E-state index in [2.05, 4.69) is 9.97 Å². The highest BCUT2D eigenvalue weighted by atomic mass is 16.4. The highest BCUT2D eigenvalue weighted by Crippen LogP contribution is 2.34. The fourth-order valence-corrected chi connectivity index (χ4v) is 2.67. The van der Waals surface area contributed by atoms with Crippen LogP contribution in [0.15, 0.2) is 6.07 Å². The maximum atomic E-state index is 11.6. The number of carboxylic acids is 1. The van der Waals surface area contributed by atoms with Gasteiger partial charge in [0, 0.05) is 18.8 Å². The summed E-state index contributed by atoms with van der Waals surface area (Å²) in [6, 6.07) is 3.63. The Hall–Kier alpha value is -2.16. The van der Waals surface area contributed by atoms with E-state index in [1.54, 1.807) is 13.0 Å². The Morgan fingerprint density at radius 1 is 1.60 bits per heavy atom. The number of hydrogen-bond acceptors (Lipinski definition) is 5. The molecule has 1 aromatic rings. The zero-order valence-electron chi connectivity index (χ0n) is 11.8. The lowest BCUT2D eigenvalue weighted by molar-refractivity contribution is -0.149. The van der Waals surface area contributed by atoms with Crippen molar-refractivity contribution < 1.29 is 9.90 Å². The molecule has 1 aromatic heterocycles. The molecule has 1 aliphatic rings. The van der Waals surface area contributed by atoms with Crippen LogP contribution in [0.5, 0.6) is 0 Å². The summed E-state index contributed by atoms with van der Waals surface area (Å²) in [7, 11) is 0. The lowest BCUT2D eigenvalue weighted by atomic mass is 9.78. The third kappa shape index (κ3) is 2.57. The Morgan fingerprint density at radius 3 is 2.95 bits per heavy atom. The van der Waals surface area contributed by atoms with Crippen LogP contribution < -0.4 is 4.90 Å². The van der Waals surface area contributed by atoms with Gasteiger partial charge in [-0.15, -0.1) is 0 Å². The van der Waals surface area contributed by atoms with Crippen LogP contribution >= 0.6 is 0 Å². The predicted molar refractivity (Wildman–Crippen MR) is 73.3 cm³/mol. The number of piperidine rings is 1. The first-order valence-electron chi connectivity index (χ1n) is 6.75. The Labute approximate surface area is 118 Å². The van der Waals surface area contributed by atoms with Gasteiger partial charge in [0.2, 0.25) is 5.95 Å². The fourth-order valence-electron chi connectivity index (χ4n) is 2.67. The third-order valence-corrected chi connectivity index (χ3v) is 3.95. The van der Waals surface area contributed by atoms with Crippen molar-refractivity contribution in [3.8, 4) is 6.07 Å². The van der Waals surface area contributed by atoms with Crippen molar-refractivity contribution in [1.82, 2.24) is 9.97 Å². The van der Waals surface area contributed by atoms with Crippen LogP contribution in [0.4, 0.5) is 5.95 Å². The zero-order chi connectivity index (χ0) is 14.8. The van der Waals surface area contributed by atoms with Crippen molar-refractivity contribution in [3.63, 3.8) is 0 Å². The number of nitriles is 1. The summed E-state index contributed by atoms with van der Waals surface area (Å²) in [5.41, 5.74) is 0.295. The highest BCUT2D eigenvalue weighted by molar-refractivity contribution is 5.75. The average Bonchev–Trinajstić information content (AvgIpc) is 2.46. The van der Waals surface area contributed by atoms with Gasteiger partial charge < -0.3 is 10.0 Å². The molecule has 1 fully saturated rings. The number of aryl methyl sites for hydroxylation is 1. The molecule has 0 bridgehead atoms. The monoisotopic (exact) mass is 274 g/mol. The van der Waals surface area contributed by atoms with E-state index in [9.17, 15) is 9.90 Å². The van der Waals surface area contributed by atoms with Crippen molar-refractivity contribution in [2.24, 2.45) is 5.41 Å². The van der Waals surface area contributed by atoms with Crippen molar-refractivity contribution >= 4 is 11.9 Å². The van der Waals surface area contributed by atoms with Crippen molar-refractivity contribution in [3.05, 3.63) is 17.5 Å². The second kappa shape index (κ2) is 5.45. The van der Waals surface area contributed by atoms with E-state index in [1.807, 2.05) is 17.9 Å². The molecule has 6 nitrogen and oxygen atoms in total. The van der Waals surface area contributed by atoms with Gasteiger partial charge in [-0.2, -0.15) is 5.26 Å². The quantitative estimate of drug-likeness (QED) is 0.902. The number of carboxylic acid groups (broad SMARTS) is 1. The first-order chi connectivity index (χ1) is 9.50. The molecular weight excluding hydrogens is 256 g/mol. The molecule has 1 saturated heterocycles. The van der Waals surface area contributed by atoms with Gasteiger partial charge >= 0.3 is 5.97 Å². The maximum absolute atomic E-state index is 11.6. The van der Waals surface area contributed by atoms with Gasteiger partial charge in [0.15, 0.2) is 0 Å². The summed E-state index contributed by atoms with van der Waals surface area (Å²) in [6.07, 6.45) is 2.04. The minimum atomic E-state index is -0.766. The standard InChI is InChI=1S/C14H18N4O2/c1-3-14(12(19)20)5-4-6-18(9-14)13-16-10(2)7-11(8-15)17-13/h7H,3-6,9H2,1-2H3,(H,19,20). The fraction of sp³-hybridized carbons (Fsp3) is 0.571. The topological polar surface area (TPSA) is 90.1 Å². The number of aromatic nitrogens is 2. The molecule has 1 atom stereocenters. The van der Waals surface area contributed by atoms with E-state index in [0.29, 0.717) is 31.0 Å². The first-order valence-corrected chi connectivity index (χ1v) is 6.75. The SMILES string of the molecule is CCC1(C(=O)O)CCCN(c2nc(C)cc(C#N)n2)C1. The third-order valence-electron chi connectivity index (χ3n) is 3.95.